The van der Waals surface area contributed by atoms with Gasteiger partial charge in [0, 0.05) is 47.8 Å². The van der Waals surface area contributed by atoms with Gasteiger partial charge in [0.25, 0.3) is 10.5 Å². The van der Waals surface area contributed by atoms with Gasteiger partial charge in [-0.05, 0) is 0 Å². The van der Waals surface area contributed by atoms with Crippen LogP contribution in [0.1, 0.15) is 0 Å². The van der Waals surface area contributed by atoms with E-state index in [-0.39, 0.29) is 10.5 Å². The Labute approximate surface area is 114 Å². The van der Waals surface area contributed by atoms with E-state index >= 15 is 0 Å². The second-order valence-electron chi connectivity index (χ2n) is 3.90. The van der Waals surface area contributed by atoms with E-state index in [0.29, 0.717) is 52.6 Å². The molecule has 0 atom stereocenters. The highest BCUT2D eigenvalue weighted by molar-refractivity contribution is 8.87. The van der Waals surface area contributed by atoms with E-state index in [1.807, 2.05) is 0 Å². The van der Waals surface area contributed by atoms with Crippen LogP contribution in [0.15, 0.2) is 0 Å². The summed E-state index contributed by atoms with van der Waals surface area (Å²) in [7, 11) is 2.00. The van der Waals surface area contributed by atoms with Gasteiger partial charge in [-0.2, -0.15) is 0 Å². The van der Waals surface area contributed by atoms with Crippen molar-refractivity contribution in [2.24, 2.45) is 0 Å². The third kappa shape index (κ3) is 4.04. The molecular weight excluding hydrogens is 276 g/mol. The maximum absolute atomic E-state index is 11.8. The molecule has 0 unspecified atom stereocenters. The Balaban J connectivity index is 1.69. The van der Waals surface area contributed by atoms with E-state index < -0.39 is 0 Å². The summed E-state index contributed by atoms with van der Waals surface area (Å²) in [5.74, 6) is 0. The number of rotatable bonds is 0. The molecule has 18 heavy (non-hydrogen) atoms. The molecule has 2 saturated heterocycles. The molecule has 0 aromatic carbocycles. The topological polar surface area (TPSA) is 59.1 Å². The molecule has 2 aliphatic heterocycles. The number of ether oxygens (including phenoxy) is 2. The van der Waals surface area contributed by atoms with Crippen LogP contribution >= 0.6 is 21.6 Å². The molecule has 0 saturated carbocycles. The first-order valence-corrected chi connectivity index (χ1v) is 8.00. The lowest BCUT2D eigenvalue weighted by molar-refractivity contribution is 0.0591. The fourth-order valence-electron chi connectivity index (χ4n) is 1.67. The van der Waals surface area contributed by atoms with Crippen molar-refractivity contribution >= 4 is 32.1 Å². The summed E-state index contributed by atoms with van der Waals surface area (Å²) < 4.78 is 10.3. The lowest BCUT2D eigenvalue weighted by atomic mass is 10.5. The summed E-state index contributed by atoms with van der Waals surface area (Å²) >= 11 is 0. The average Bonchev–Trinajstić information content (AvgIpc) is 2.46. The Morgan fingerprint density at radius 1 is 0.722 bits per heavy atom. The van der Waals surface area contributed by atoms with E-state index in [2.05, 4.69) is 0 Å². The molecule has 6 nitrogen and oxygen atoms in total. The van der Waals surface area contributed by atoms with E-state index in [9.17, 15) is 9.59 Å². The van der Waals surface area contributed by atoms with Crippen molar-refractivity contribution in [3.8, 4) is 0 Å². The normalized spacial score (nSPS) is 20.9. The molecule has 102 valence electrons. The van der Waals surface area contributed by atoms with Gasteiger partial charge < -0.3 is 19.3 Å². The zero-order valence-electron chi connectivity index (χ0n) is 10.0. The highest BCUT2D eigenvalue weighted by Crippen LogP contribution is 2.28. The molecule has 0 aliphatic carbocycles. The van der Waals surface area contributed by atoms with Crippen molar-refractivity contribution in [3.63, 3.8) is 0 Å². The maximum Gasteiger partial charge on any atom is 0.292 e. The second-order valence-corrected chi connectivity index (χ2v) is 5.93. The van der Waals surface area contributed by atoms with Crippen LogP contribution in [0.25, 0.3) is 0 Å². The molecule has 2 rings (SSSR count). The molecule has 0 aromatic heterocycles. The second kappa shape index (κ2) is 7.22. The van der Waals surface area contributed by atoms with Crippen LogP contribution in [-0.4, -0.2) is 72.9 Å². The first-order chi connectivity index (χ1) is 8.77. The Morgan fingerprint density at radius 2 is 1.06 bits per heavy atom. The molecule has 0 aromatic rings. The number of morpholine rings is 2. The number of carbonyl (C=O) groups excluding carboxylic acids is 2. The van der Waals surface area contributed by atoms with Crippen LogP contribution in [0, 0.1) is 0 Å². The summed E-state index contributed by atoms with van der Waals surface area (Å²) in [6.45, 7) is 4.75. The third-order valence-corrected chi connectivity index (χ3v) is 4.71. The third-order valence-electron chi connectivity index (χ3n) is 2.72. The SMILES string of the molecule is O=C(SSC(=O)N1CCOCC1)N1CCOCC1. The minimum Gasteiger partial charge on any atom is -0.378 e. The molecular formula is C10H16N2O4S2. The molecule has 2 heterocycles. The maximum atomic E-state index is 11.8. The quantitative estimate of drug-likeness (QED) is 0.627. The van der Waals surface area contributed by atoms with Crippen molar-refractivity contribution < 1.29 is 19.1 Å². The fourth-order valence-corrected chi connectivity index (χ4v) is 3.45. The Bertz CT molecular complexity index is 274. The monoisotopic (exact) mass is 292 g/mol. The van der Waals surface area contributed by atoms with Gasteiger partial charge in [-0.15, -0.1) is 0 Å². The molecule has 2 amide bonds. The molecule has 2 aliphatic rings. The number of nitrogens with zero attached hydrogens (tertiary/aromatic N) is 2. The van der Waals surface area contributed by atoms with Crippen LogP contribution in [0.3, 0.4) is 0 Å². The van der Waals surface area contributed by atoms with E-state index in [4.69, 9.17) is 9.47 Å². The van der Waals surface area contributed by atoms with Crippen LogP contribution < -0.4 is 0 Å². The lowest BCUT2D eigenvalue weighted by Gasteiger charge is -2.27. The van der Waals surface area contributed by atoms with Crippen molar-refractivity contribution in [3.05, 3.63) is 0 Å². The molecule has 0 N–H and O–H groups in total. The zero-order valence-corrected chi connectivity index (χ0v) is 11.6. The van der Waals surface area contributed by atoms with Gasteiger partial charge >= 0.3 is 0 Å². The number of amides is 2. The van der Waals surface area contributed by atoms with Gasteiger partial charge in [0.05, 0.1) is 26.4 Å². The van der Waals surface area contributed by atoms with Gasteiger partial charge in [-0.1, -0.05) is 0 Å². The summed E-state index contributed by atoms with van der Waals surface area (Å²) in [5, 5.41) is -0.130. The van der Waals surface area contributed by atoms with Crippen molar-refractivity contribution in [2.75, 3.05) is 52.6 Å². The van der Waals surface area contributed by atoms with E-state index in [1.54, 1.807) is 9.80 Å². The summed E-state index contributed by atoms with van der Waals surface area (Å²) in [4.78, 5) is 27.0. The smallest absolute Gasteiger partial charge is 0.292 e. The standard InChI is InChI=1S/C10H16N2O4S2/c13-9(11-1-5-15-6-2-11)17-18-10(14)12-3-7-16-8-4-12/h1-8H2. The van der Waals surface area contributed by atoms with Crippen LogP contribution in [0.2, 0.25) is 0 Å². The lowest BCUT2D eigenvalue weighted by Crippen LogP contribution is -2.39. The predicted octanol–water partition coefficient (Wildman–Crippen LogP) is 1.27. The Hall–Kier alpha value is -0.440. The van der Waals surface area contributed by atoms with Crippen molar-refractivity contribution in [2.45, 2.75) is 0 Å². The predicted molar refractivity (Wildman–Crippen MR) is 70.8 cm³/mol. The number of hydrogen-bond acceptors (Lipinski definition) is 6. The molecule has 8 heteroatoms. The van der Waals surface area contributed by atoms with Gasteiger partial charge in [-0.3, -0.25) is 9.59 Å². The van der Waals surface area contributed by atoms with E-state index in [0.717, 1.165) is 21.6 Å². The summed E-state index contributed by atoms with van der Waals surface area (Å²) in [6.07, 6.45) is 0. The molecule has 2 fully saturated rings. The first-order valence-electron chi connectivity index (χ1n) is 5.85. The fraction of sp³-hybridized carbons (Fsp3) is 0.800. The minimum atomic E-state index is -0.0649. The Kier molecular flexibility index (Phi) is 5.61. The number of hydrogen-bond donors (Lipinski definition) is 0. The van der Waals surface area contributed by atoms with Crippen molar-refractivity contribution in [1.82, 2.24) is 9.80 Å². The van der Waals surface area contributed by atoms with Crippen LogP contribution in [0.4, 0.5) is 9.59 Å². The minimum absolute atomic E-state index is 0.0649. The molecule has 0 radical (unpaired) electrons. The van der Waals surface area contributed by atoms with Crippen LogP contribution in [0.5, 0.6) is 0 Å². The van der Waals surface area contributed by atoms with Gasteiger partial charge in [-0.25, -0.2) is 0 Å². The zero-order chi connectivity index (χ0) is 12.8. The van der Waals surface area contributed by atoms with E-state index in [1.165, 1.54) is 0 Å². The van der Waals surface area contributed by atoms with Crippen molar-refractivity contribution in [1.29, 1.82) is 0 Å². The largest absolute Gasteiger partial charge is 0.378 e. The first kappa shape index (κ1) is 14.0. The number of carbonyl (C=O) groups is 2. The van der Waals surface area contributed by atoms with Gasteiger partial charge in [0.1, 0.15) is 0 Å². The van der Waals surface area contributed by atoms with Crippen LogP contribution in [-0.2, 0) is 9.47 Å². The summed E-state index contributed by atoms with van der Waals surface area (Å²) in [6, 6.07) is 0. The highest BCUT2D eigenvalue weighted by atomic mass is 33.1. The summed E-state index contributed by atoms with van der Waals surface area (Å²) in [5.41, 5.74) is 0. The average molecular weight is 292 g/mol. The Morgan fingerprint density at radius 3 is 1.39 bits per heavy atom. The van der Waals surface area contributed by atoms with Gasteiger partial charge in [0.2, 0.25) is 0 Å². The molecule has 0 spiro atoms. The molecule has 0 bridgehead atoms. The van der Waals surface area contributed by atoms with Gasteiger partial charge in [0.15, 0.2) is 0 Å². The highest BCUT2D eigenvalue weighted by Gasteiger charge is 2.22.